The maximum Gasteiger partial charge on any atom is 0.119 e. The van der Waals surface area contributed by atoms with Gasteiger partial charge in [-0.1, -0.05) is 39.8 Å². The fraction of sp³-hybridized carbons (Fsp3) is 0.625. The van der Waals surface area contributed by atoms with E-state index in [9.17, 15) is 0 Å². The lowest BCUT2D eigenvalue weighted by atomic mass is 9.87. The van der Waals surface area contributed by atoms with Gasteiger partial charge in [-0.15, -0.1) is 0 Å². The predicted molar refractivity (Wildman–Crippen MR) is 78.1 cm³/mol. The standard InChI is InChI=1S/C16H27NO/c1-5-14(17)7-6-12-18-15-10-8-13(9-11-15)16(2,3)4/h8-11,14H,5-7,12,17H2,1-4H3. The summed E-state index contributed by atoms with van der Waals surface area (Å²) in [5, 5.41) is 0. The summed E-state index contributed by atoms with van der Waals surface area (Å²) < 4.78 is 5.71. The zero-order valence-electron chi connectivity index (χ0n) is 12.2. The van der Waals surface area contributed by atoms with Gasteiger partial charge in [-0.25, -0.2) is 0 Å². The molecule has 0 aliphatic carbocycles. The van der Waals surface area contributed by atoms with E-state index in [2.05, 4.69) is 52.0 Å². The fourth-order valence-corrected chi connectivity index (χ4v) is 1.79. The van der Waals surface area contributed by atoms with E-state index in [4.69, 9.17) is 10.5 Å². The first kappa shape index (κ1) is 15.0. The third kappa shape index (κ3) is 5.09. The molecule has 1 rings (SSSR count). The Labute approximate surface area is 112 Å². The van der Waals surface area contributed by atoms with Crippen molar-refractivity contribution in [1.29, 1.82) is 0 Å². The Hall–Kier alpha value is -1.02. The molecule has 1 atom stereocenters. The molecule has 2 nitrogen and oxygen atoms in total. The van der Waals surface area contributed by atoms with Crippen LogP contribution in [0.1, 0.15) is 52.5 Å². The van der Waals surface area contributed by atoms with Gasteiger partial charge in [-0.2, -0.15) is 0 Å². The highest BCUT2D eigenvalue weighted by Crippen LogP contribution is 2.24. The molecule has 0 radical (unpaired) electrons. The van der Waals surface area contributed by atoms with E-state index in [-0.39, 0.29) is 5.41 Å². The second kappa shape index (κ2) is 6.79. The largest absolute Gasteiger partial charge is 0.494 e. The quantitative estimate of drug-likeness (QED) is 0.776. The van der Waals surface area contributed by atoms with Crippen LogP contribution in [0.25, 0.3) is 0 Å². The minimum Gasteiger partial charge on any atom is -0.494 e. The van der Waals surface area contributed by atoms with Gasteiger partial charge in [0.2, 0.25) is 0 Å². The Morgan fingerprint density at radius 3 is 2.28 bits per heavy atom. The molecule has 18 heavy (non-hydrogen) atoms. The van der Waals surface area contributed by atoms with Crippen molar-refractivity contribution < 1.29 is 4.74 Å². The summed E-state index contributed by atoms with van der Waals surface area (Å²) in [5.41, 5.74) is 7.40. The summed E-state index contributed by atoms with van der Waals surface area (Å²) in [7, 11) is 0. The van der Waals surface area contributed by atoms with Crippen molar-refractivity contribution in [3.05, 3.63) is 29.8 Å². The van der Waals surface area contributed by atoms with Crippen molar-refractivity contribution in [2.24, 2.45) is 5.73 Å². The minimum absolute atomic E-state index is 0.201. The molecule has 0 spiro atoms. The molecule has 102 valence electrons. The molecule has 0 saturated heterocycles. The average Bonchev–Trinajstić information content (AvgIpc) is 2.33. The highest BCUT2D eigenvalue weighted by molar-refractivity contribution is 5.31. The van der Waals surface area contributed by atoms with Crippen LogP contribution in [0.4, 0.5) is 0 Å². The van der Waals surface area contributed by atoms with E-state index in [1.165, 1.54) is 5.56 Å². The van der Waals surface area contributed by atoms with Gasteiger partial charge in [-0.3, -0.25) is 0 Å². The van der Waals surface area contributed by atoms with Crippen LogP contribution in [0.3, 0.4) is 0 Å². The van der Waals surface area contributed by atoms with E-state index in [1.54, 1.807) is 0 Å². The van der Waals surface area contributed by atoms with Crippen LogP contribution in [0.2, 0.25) is 0 Å². The highest BCUT2D eigenvalue weighted by Gasteiger charge is 2.12. The van der Waals surface area contributed by atoms with Crippen molar-refractivity contribution in [3.63, 3.8) is 0 Å². The molecule has 0 heterocycles. The van der Waals surface area contributed by atoms with Crippen molar-refractivity contribution >= 4 is 0 Å². The zero-order valence-corrected chi connectivity index (χ0v) is 12.2. The second-order valence-corrected chi connectivity index (χ2v) is 5.93. The van der Waals surface area contributed by atoms with Crippen LogP contribution in [0.5, 0.6) is 5.75 Å². The number of ether oxygens (including phenoxy) is 1. The SMILES string of the molecule is CCC(N)CCCOc1ccc(C(C)(C)C)cc1. The van der Waals surface area contributed by atoms with E-state index in [1.807, 2.05) is 0 Å². The molecule has 0 fully saturated rings. The van der Waals surface area contributed by atoms with Gasteiger partial charge < -0.3 is 10.5 Å². The lowest BCUT2D eigenvalue weighted by Gasteiger charge is -2.19. The third-order valence-corrected chi connectivity index (χ3v) is 3.23. The van der Waals surface area contributed by atoms with Gasteiger partial charge in [0.1, 0.15) is 5.75 Å². The third-order valence-electron chi connectivity index (χ3n) is 3.23. The Balaban J connectivity index is 2.36. The molecule has 1 unspecified atom stereocenters. The zero-order chi connectivity index (χ0) is 13.6. The monoisotopic (exact) mass is 249 g/mol. The Bertz CT molecular complexity index is 337. The lowest BCUT2D eigenvalue weighted by Crippen LogP contribution is -2.19. The number of hydrogen-bond acceptors (Lipinski definition) is 2. The molecule has 1 aromatic carbocycles. The van der Waals surface area contributed by atoms with Crippen LogP contribution >= 0.6 is 0 Å². The van der Waals surface area contributed by atoms with Gasteiger partial charge in [0.25, 0.3) is 0 Å². The van der Waals surface area contributed by atoms with Crippen LogP contribution in [0.15, 0.2) is 24.3 Å². The molecule has 2 N–H and O–H groups in total. The summed E-state index contributed by atoms with van der Waals surface area (Å²) in [5.74, 6) is 0.952. The molecule has 0 aromatic heterocycles. The Kier molecular flexibility index (Phi) is 5.67. The molecule has 1 aromatic rings. The van der Waals surface area contributed by atoms with Gasteiger partial charge in [-0.05, 0) is 42.4 Å². The van der Waals surface area contributed by atoms with Crippen LogP contribution in [-0.2, 0) is 5.41 Å². The molecule has 2 heteroatoms. The van der Waals surface area contributed by atoms with Gasteiger partial charge in [0.15, 0.2) is 0 Å². The Morgan fingerprint density at radius 1 is 1.17 bits per heavy atom. The molecular formula is C16H27NO. The smallest absolute Gasteiger partial charge is 0.119 e. The summed E-state index contributed by atoms with van der Waals surface area (Å²) >= 11 is 0. The summed E-state index contributed by atoms with van der Waals surface area (Å²) in [4.78, 5) is 0. The van der Waals surface area contributed by atoms with Gasteiger partial charge in [0, 0.05) is 6.04 Å². The maximum atomic E-state index is 5.86. The minimum atomic E-state index is 0.201. The van der Waals surface area contributed by atoms with Crippen LogP contribution < -0.4 is 10.5 Å². The van der Waals surface area contributed by atoms with E-state index >= 15 is 0 Å². The Morgan fingerprint density at radius 2 is 1.78 bits per heavy atom. The van der Waals surface area contributed by atoms with Crippen molar-refractivity contribution in [2.45, 2.75) is 58.4 Å². The van der Waals surface area contributed by atoms with E-state index in [0.29, 0.717) is 6.04 Å². The van der Waals surface area contributed by atoms with Crippen molar-refractivity contribution in [3.8, 4) is 5.75 Å². The van der Waals surface area contributed by atoms with Crippen molar-refractivity contribution in [2.75, 3.05) is 6.61 Å². The summed E-state index contributed by atoms with van der Waals surface area (Å²) in [6.45, 7) is 9.53. The number of nitrogens with two attached hydrogens (primary N) is 1. The van der Waals surface area contributed by atoms with Crippen molar-refractivity contribution in [1.82, 2.24) is 0 Å². The summed E-state index contributed by atoms with van der Waals surface area (Å²) in [6.07, 6.45) is 3.10. The average molecular weight is 249 g/mol. The lowest BCUT2D eigenvalue weighted by molar-refractivity contribution is 0.300. The van der Waals surface area contributed by atoms with Gasteiger partial charge >= 0.3 is 0 Å². The topological polar surface area (TPSA) is 35.2 Å². The first-order valence-corrected chi connectivity index (χ1v) is 6.92. The van der Waals surface area contributed by atoms with E-state index < -0.39 is 0 Å². The van der Waals surface area contributed by atoms with Crippen LogP contribution in [-0.4, -0.2) is 12.6 Å². The molecule has 0 amide bonds. The second-order valence-electron chi connectivity index (χ2n) is 5.93. The van der Waals surface area contributed by atoms with Crippen LogP contribution in [0, 0.1) is 0 Å². The summed E-state index contributed by atoms with van der Waals surface area (Å²) in [6, 6.07) is 8.72. The molecule has 0 bridgehead atoms. The first-order chi connectivity index (χ1) is 8.43. The number of hydrogen-bond donors (Lipinski definition) is 1. The highest BCUT2D eigenvalue weighted by atomic mass is 16.5. The van der Waals surface area contributed by atoms with E-state index in [0.717, 1.165) is 31.6 Å². The number of rotatable bonds is 6. The fourth-order valence-electron chi connectivity index (χ4n) is 1.79. The maximum absolute atomic E-state index is 5.86. The predicted octanol–water partition coefficient (Wildman–Crippen LogP) is 3.88. The molecule has 0 aliphatic heterocycles. The number of benzene rings is 1. The molecule has 0 aliphatic rings. The normalized spacial score (nSPS) is 13.4. The first-order valence-electron chi connectivity index (χ1n) is 6.92. The van der Waals surface area contributed by atoms with Gasteiger partial charge in [0.05, 0.1) is 6.61 Å². The molecular weight excluding hydrogens is 222 g/mol. The molecule has 0 saturated carbocycles.